The summed E-state index contributed by atoms with van der Waals surface area (Å²) in [5.41, 5.74) is 13.0. The summed E-state index contributed by atoms with van der Waals surface area (Å²) in [7, 11) is 0. The Kier molecular flexibility index (Phi) is 13.1. The van der Waals surface area contributed by atoms with Crippen molar-refractivity contribution in [2.75, 3.05) is 6.54 Å². The molecule has 2 rings (SSSR count). The number of aromatic nitrogens is 2. The standard InChI is InChI=1S/C27H41N7O6/c1-3-16(2)23(27(39)40)34-25(37)21(6-4-5-11-28)32-26(38)22(13-18-14-30-15-31-18)33-24(36)20(29)12-17-7-9-19(35)10-8-17/h7-10,14-16,20-23,35H,3-6,11-13,28-29H2,1-2H3,(H,30,31)(H,32,38)(H,33,36)(H,34,37)(H,39,40). The summed E-state index contributed by atoms with van der Waals surface area (Å²) < 4.78 is 0. The minimum Gasteiger partial charge on any atom is -0.508 e. The molecule has 1 aromatic carbocycles. The molecule has 0 radical (unpaired) electrons. The van der Waals surface area contributed by atoms with E-state index in [1.807, 2.05) is 6.92 Å². The maximum Gasteiger partial charge on any atom is 0.326 e. The van der Waals surface area contributed by atoms with E-state index < -0.39 is 47.9 Å². The molecule has 10 N–H and O–H groups in total. The smallest absolute Gasteiger partial charge is 0.326 e. The Morgan fingerprint density at radius 1 is 0.975 bits per heavy atom. The molecule has 220 valence electrons. The molecule has 2 aromatic rings. The van der Waals surface area contributed by atoms with E-state index in [9.17, 15) is 29.4 Å². The van der Waals surface area contributed by atoms with Crippen LogP contribution in [0.4, 0.5) is 0 Å². The number of rotatable bonds is 17. The zero-order chi connectivity index (χ0) is 29.7. The van der Waals surface area contributed by atoms with Gasteiger partial charge in [0.2, 0.25) is 17.7 Å². The molecule has 0 saturated carbocycles. The van der Waals surface area contributed by atoms with Gasteiger partial charge in [0.05, 0.1) is 12.4 Å². The number of imidazole rings is 1. The zero-order valence-corrected chi connectivity index (χ0v) is 22.9. The van der Waals surface area contributed by atoms with Crippen LogP contribution in [0.15, 0.2) is 36.8 Å². The Bertz CT molecular complexity index is 1090. The summed E-state index contributed by atoms with van der Waals surface area (Å²) in [6.45, 7) is 3.94. The van der Waals surface area contributed by atoms with Crippen LogP contribution in [0.2, 0.25) is 0 Å². The lowest BCUT2D eigenvalue weighted by molar-refractivity contribution is -0.144. The summed E-state index contributed by atoms with van der Waals surface area (Å²) in [4.78, 5) is 58.1. The number of nitrogens with one attached hydrogen (secondary N) is 4. The van der Waals surface area contributed by atoms with Gasteiger partial charge in [0.15, 0.2) is 0 Å². The van der Waals surface area contributed by atoms with E-state index in [0.717, 1.165) is 5.56 Å². The highest BCUT2D eigenvalue weighted by atomic mass is 16.4. The maximum absolute atomic E-state index is 13.4. The van der Waals surface area contributed by atoms with Gasteiger partial charge in [-0.3, -0.25) is 14.4 Å². The minimum atomic E-state index is -1.17. The first-order valence-corrected chi connectivity index (χ1v) is 13.4. The molecule has 0 spiro atoms. The van der Waals surface area contributed by atoms with Crippen molar-refractivity contribution >= 4 is 23.7 Å². The number of carboxylic acids is 1. The number of aromatic amines is 1. The van der Waals surface area contributed by atoms with E-state index in [2.05, 4.69) is 25.9 Å². The molecule has 1 aromatic heterocycles. The van der Waals surface area contributed by atoms with Gasteiger partial charge in [-0.25, -0.2) is 9.78 Å². The zero-order valence-electron chi connectivity index (χ0n) is 22.9. The molecule has 0 aliphatic heterocycles. The molecule has 0 aliphatic carbocycles. The number of hydrogen-bond donors (Lipinski definition) is 8. The molecule has 0 fully saturated rings. The molecule has 13 heteroatoms. The molecule has 5 atom stereocenters. The average molecular weight is 560 g/mol. The first kappa shape index (κ1) is 32.2. The summed E-state index contributed by atoms with van der Waals surface area (Å²) in [6, 6.07) is 2.00. The lowest BCUT2D eigenvalue weighted by Gasteiger charge is -2.26. The van der Waals surface area contributed by atoms with E-state index in [4.69, 9.17) is 11.5 Å². The number of benzene rings is 1. The van der Waals surface area contributed by atoms with Gasteiger partial charge in [0.25, 0.3) is 0 Å². The fourth-order valence-corrected chi connectivity index (χ4v) is 4.05. The lowest BCUT2D eigenvalue weighted by atomic mass is 9.98. The molecule has 5 unspecified atom stereocenters. The first-order chi connectivity index (χ1) is 19.0. The Morgan fingerprint density at radius 2 is 1.62 bits per heavy atom. The van der Waals surface area contributed by atoms with Crippen LogP contribution in [0, 0.1) is 5.92 Å². The van der Waals surface area contributed by atoms with Crippen molar-refractivity contribution in [2.24, 2.45) is 17.4 Å². The number of unbranched alkanes of at least 4 members (excludes halogenated alkanes) is 1. The monoisotopic (exact) mass is 559 g/mol. The van der Waals surface area contributed by atoms with Gasteiger partial charge in [0, 0.05) is 18.3 Å². The predicted molar refractivity (Wildman–Crippen MR) is 148 cm³/mol. The fourth-order valence-electron chi connectivity index (χ4n) is 4.05. The number of hydrogen-bond acceptors (Lipinski definition) is 8. The molecule has 40 heavy (non-hydrogen) atoms. The molecule has 0 aliphatic rings. The highest BCUT2D eigenvalue weighted by Gasteiger charge is 2.32. The third-order valence-corrected chi connectivity index (χ3v) is 6.70. The van der Waals surface area contributed by atoms with Crippen LogP contribution in [0.1, 0.15) is 50.8 Å². The summed E-state index contributed by atoms with van der Waals surface area (Å²) >= 11 is 0. The van der Waals surface area contributed by atoms with E-state index >= 15 is 0 Å². The second-order valence-electron chi connectivity index (χ2n) is 9.87. The van der Waals surface area contributed by atoms with E-state index in [0.29, 0.717) is 31.5 Å². The molecule has 13 nitrogen and oxygen atoms in total. The van der Waals surface area contributed by atoms with Crippen LogP contribution in [-0.4, -0.2) is 74.6 Å². The summed E-state index contributed by atoms with van der Waals surface area (Å²) in [6.07, 6.45) is 5.05. The van der Waals surface area contributed by atoms with Crippen molar-refractivity contribution in [3.63, 3.8) is 0 Å². The van der Waals surface area contributed by atoms with Crippen LogP contribution in [0.5, 0.6) is 5.75 Å². The normalized spacial score (nSPS) is 14.8. The second kappa shape index (κ2) is 16.2. The lowest BCUT2D eigenvalue weighted by Crippen LogP contribution is -2.58. The molecule has 0 saturated heterocycles. The van der Waals surface area contributed by atoms with Crippen molar-refractivity contribution in [1.29, 1.82) is 0 Å². The first-order valence-electron chi connectivity index (χ1n) is 13.4. The number of aliphatic carboxylic acids is 1. The van der Waals surface area contributed by atoms with Crippen LogP contribution < -0.4 is 27.4 Å². The highest BCUT2D eigenvalue weighted by molar-refractivity contribution is 5.94. The molecular weight excluding hydrogens is 518 g/mol. The average Bonchev–Trinajstić information content (AvgIpc) is 3.44. The molecular formula is C27H41N7O6. The number of phenolic OH excluding ortho intramolecular Hbond substituents is 1. The van der Waals surface area contributed by atoms with Crippen LogP contribution >= 0.6 is 0 Å². The summed E-state index contributed by atoms with van der Waals surface area (Å²) in [5.74, 6) is -3.26. The number of H-pyrrole nitrogens is 1. The van der Waals surface area contributed by atoms with Gasteiger partial charge >= 0.3 is 5.97 Å². The van der Waals surface area contributed by atoms with Gasteiger partial charge in [-0.1, -0.05) is 32.4 Å². The quantitative estimate of drug-likeness (QED) is 0.121. The Morgan fingerprint density at radius 3 is 2.20 bits per heavy atom. The topological polar surface area (TPSA) is 226 Å². The summed E-state index contributed by atoms with van der Waals surface area (Å²) in [5, 5.41) is 27.0. The van der Waals surface area contributed by atoms with Gasteiger partial charge in [-0.15, -0.1) is 0 Å². The molecule has 3 amide bonds. The van der Waals surface area contributed by atoms with Crippen molar-refractivity contribution in [2.45, 2.75) is 76.5 Å². The maximum atomic E-state index is 13.4. The third kappa shape index (κ3) is 10.3. The van der Waals surface area contributed by atoms with E-state index in [1.165, 1.54) is 24.7 Å². The van der Waals surface area contributed by atoms with Gasteiger partial charge < -0.3 is 42.6 Å². The number of phenols is 1. The van der Waals surface area contributed by atoms with Crippen molar-refractivity contribution < 1.29 is 29.4 Å². The Hall–Kier alpha value is -3.97. The predicted octanol–water partition coefficient (Wildman–Crippen LogP) is -0.0581. The highest BCUT2D eigenvalue weighted by Crippen LogP contribution is 2.12. The van der Waals surface area contributed by atoms with Crippen LogP contribution in [0.25, 0.3) is 0 Å². The number of aromatic hydroxyl groups is 1. The van der Waals surface area contributed by atoms with Crippen molar-refractivity contribution in [3.05, 3.63) is 48.0 Å². The number of carboxylic acid groups (broad SMARTS) is 1. The van der Waals surface area contributed by atoms with Crippen LogP contribution in [0.3, 0.4) is 0 Å². The van der Waals surface area contributed by atoms with Gasteiger partial charge in [-0.2, -0.15) is 0 Å². The van der Waals surface area contributed by atoms with Crippen molar-refractivity contribution in [3.8, 4) is 5.75 Å². The second-order valence-corrected chi connectivity index (χ2v) is 9.87. The van der Waals surface area contributed by atoms with Gasteiger partial charge in [0.1, 0.15) is 23.9 Å². The SMILES string of the molecule is CCC(C)C(NC(=O)C(CCCCN)NC(=O)C(Cc1cnc[nH]1)NC(=O)C(N)Cc1ccc(O)cc1)C(=O)O. The fraction of sp³-hybridized carbons (Fsp3) is 0.519. The number of carbonyl (C=O) groups excluding carboxylic acids is 3. The number of carbonyl (C=O) groups is 4. The largest absolute Gasteiger partial charge is 0.508 e. The van der Waals surface area contributed by atoms with E-state index in [-0.39, 0.29) is 30.9 Å². The third-order valence-electron chi connectivity index (χ3n) is 6.70. The van der Waals surface area contributed by atoms with Gasteiger partial charge in [-0.05, 0) is 55.8 Å². The molecule has 1 heterocycles. The van der Waals surface area contributed by atoms with Crippen molar-refractivity contribution in [1.82, 2.24) is 25.9 Å². The Labute approximate surface area is 233 Å². The number of nitrogens with two attached hydrogens (primary N) is 2. The van der Waals surface area contributed by atoms with E-state index in [1.54, 1.807) is 19.1 Å². The number of amides is 3. The minimum absolute atomic E-state index is 0.0469. The Balaban J connectivity index is 2.19. The molecule has 0 bridgehead atoms. The number of nitrogens with zero attached hydrogens (tertiary/aromatic N) is 1. The van der Waals surface area contributed by atoms with Crippen LogP contribution in [-0.2, 0) is 32.0 Å².